The first-order valence-electron chi connectivity index (χ1n) is 12.2. The summed E-state index contributed by atoms with van der Waals surface area (Å²) in [5, 5.41) is 0. The van der Waals surface area contributed by atoms with Crippen molar-refractivity contribution in [1.82, 2.24) is 9.80 Å². The third kappa shape index (κ3) is 6.17. The van der Waals surface area contributed by atoms with Gasteiger partial charge in [0.05, 0.1) is 12.2 Å². The Bertz CT molecular complexity index is 1040. The van der Waals surface area contributed by atoms with Crippen molar-refractivity contribution in [1.29, 1.82) is 0 Å². The first-order chi connectivity index (χ1) is 16.8. The molecule has 36 heavy (non-hydrogen) atoms. The van der Waals surface area contributed by atoms with Crippen LogP contribution in [0.3, 0.4) is 0 Å². The molecule has 0 saturated carbocycles. The molecule has 0 spiro atoms. The second kappa shape index (κ2) is 11.8. The van der Waals surface area contributed by atoms with Crippen LogP contribution in [0.4, 0.5) is 18.0 Å². The number of nitrogens with zero attached hydrogens (tertiary/aromatic N) is 2. The van der Waals surface area contributed by atoms with Gasteiger partial charge in [-0.1, -0.05) is 32.1 Å². The summed E-state index contributed by atoms with van der Waals surface area (Å²) in [4.78, 5) is 39.4. The van der Waals surface area contributed by atoms with Gasteiger partial charge in [0.1, 0.15) is 11.3 Å². The van der Waals surface area contributed by atoms with E-state index in [0.29, 0.717) is 49.6 Å². The van der Waals surface area contributed by atoms with Gasteiger partial charge in [0.25, 0.3) is 5.91 Å². The van der Waals surface area contributed by atoms with E-state index in [-0.39, 0.29) is 36.2 Å². The van der Waals surface area contributed by atoms with Crippen LogP contribution >= 0.6 is 0 Å². The van der Waals surface area contributed by atoms with Crippen LogP contribution in [0.5, 0.6) is 5.75 Å². The quantitative estimate of drug-likeness (QED) is 0.196. The van der Waals surface area contributed by atoms with Gasteiger partial charge in [-0.3, -0.25) is 14.5 Å². The summed E-state index contributed by atoms with van der Waals surface area (Å²) in [5.41, 5.74) is -1.12. The molecule has 0 bridgehead atoms. The number of rotatable bonds is 12. The normalized spacial score (nSPS) is 16.1. The molecule has 0 unspecified atom stereocenters. The molecule has 1 aliphatic rings. The molecule has 0 N–H and O–H groups in total. The average molecular weight is 509 g/mol. The molecule has 9 heteroatoms. The first kappa shape index (κ1) is 29.1. The Labute approximate surface area is 210 Å². The Balaban J connectivity index is 2.17. The molecule has 198 valence electrons. The molecule has 1 saturated heterocycles. The first-order valence-corrected chi connectivity index (χ1v) is 12.2. The SMILES string of the molecule is C=Cc1c(/C(=C\C(C)=O)C(F)(F)F)ccc(OCCCCN2C(=O)N(CC)C(C)(C)C2=O)c1CCC. The summed E-state index contributed by atoms with van der Waals surface area (Å²) in [6, 6.07) is 2.49. The van der Waals surface area contributed by atoms with E-state index in [2.05, 4.69) is 6.58 Å². The number of amides is 3. The number of likely N-dealkylation sites (N-methyl/N-ethyl adjacent to an activating group) is 1. The maximum Gasteiger partial charge on any atom is 0.417 e. The smallest absolute Gasteiger partial charge is 0.417 e. The Morgan fingerprint density at radius 1 is 1.17 bits per heavy atom. The van der Waals surface area contributed by atoms with Gasteiger partial charge in [-0.2, -0.15) is 13.2 Å². The third-order valence-electron chi connectivity index (χ3n) is 6.22. The standard InChI is InChI=1S/C27H35F3N2O4/c1-7-12-21-19(8-2)20(22(17-18(4)33)27(28,29)30)13-14-23(21)36-16-11-10-15-31-24(34)26(5,6)32(9-3)25(31)35/h8,13-14,17H,2,7,9-12,15-16H2,1,3-6H3/b22-17+. The zero-order chi connectivity index (χ0) is 27.3. The van der Waals surface area contributed by atoms with Crippen LogP contribution in [0.25, 0.3) is 11.6 Å². The van der Waals surface area contributed by atoms with Crippen LogP contribution in [-0.4, -0.2) is 58.9 Å². The van der Waals surface area contributed by atoms with E-state index in [1.807, 2.05) is 13.8 Å². The number of halogens is 3. The Morgan fingerprint density at radius 2 is 1.83 bits per heavy atom. The molecule has 0 aromatic heterocycles. The number of ketones is 1. The number of carbonyl (C=O) groups is 3. The van der Waals surface area contributed by atoms with Gasteiger partial charge in [0, 0.05) is 18.7 Å². The minimum atomic E-state index is -4.71. The van der Waals surface area contributed by atoms with Gasteiger partial charge in [-0.05, 0) is 70.2 Å². The summed E-state index contributed by atoms with van der Waals surface area (Å²) >= 11 is 0. The monoisotopic (exact) mass is 508 g/mol. The van der Waals surface area contributed by atoms with Crippen LogP contribution in [0.1, 0.15) is 70.6 Å². The van der Waals surface area contributed by atoms with Crippen molar-refractivity contribution < 1.29 is 32.3 Å². The van der Waals surface area contributed by atoms with Crippen molar-refractivity contribution in [2.45, 2.75) is 72.0 Å². The van der Waals surface area contributed by atoms with Gasteiger partial charge >= 0.3 is 12.2 Å². The number of carbonyl (C=O) groups excluding carboxylic acids is 3. The number of benzene rings is 1. The van der Waals surface area contributed by atoms with Crippen LogP contribution in [0, 0.1) is 0 Å². The molecule has 1 fully saturated rings. The van der Waals surface area contributed by atoms with Crippen LogP contribution in [0.2, 0.25) is 0 Å². The van der Waals surface area contributed by atoms with Gasteiger partial charge in [-0.25, -0.2) is 4.79 Å². The number of hydrogen-bond acceptors (Lipinski definition) is 4. The molecular formula is C27H35F3N2O4. The molecule has 1 aromatic carbocycles. The Hall–Kier alpha value is -3.10. The van der Waals surface area contributed by atoms with E-state index >= 15 is 0 Å². The van der Waals surface area contributed by atoms with Crippen LogP contribution < -0.4 is 4.74 Å². The molecule has 0 aliphatic carbocycles. The summed E-state index contributed by atoms with van der Waals surface area (Å²) in [7, 11) is 0. The number of ether oxygens (including phenoxy) is 1. The van der Waals surface area contributed by atoms with Gasteiger partial charge in [-0.15, -0.1) is 0 Å². The number of allylic oxidation sites excluding steroid dienone is 2. The van der Waals surface area contributed by atoms with E-state index < -0.39 is 23.1 Å². The maximum atomic E-state index is 13.7. The summed E-state index contributed by atoms with van der Waals surface area (Å²) < 4.78 is 47.1. The minimum Gasteiger partial charge on any atom is -0.493 e. The summed E-state index contributed by atoms with van der Waals surface area (Å²) in [5.74, 6) is -0.479. The largest absolute Gasteiger partial charge is 0.493 e. The second-order valence-electron chi connectivity index (χ2n) is 9.22. The minimum absolute atomic E-state index is 0.113. The van der Waals surface area contributed by atoms with Crippen molar-refractivity contribution in [3.8, 4) is 5.75 Å². The van der Waals surface area contributed by atoms with Crippen LogP contribution in [-0.2, 0) is 16.0 Å². The second-order valence-corrected chi connectivity index (χ2v) is 9.22. The van der Waals surface area contributed by atoms with Crippen molar-refractivity contribution >= 4 is 29.4 Å². The third-order valence-corrected chi connectivity index (χ3v) is 6.22. The number of urea groups is 1. The highest BCUT2D eigenvalue weighted by Crippen LogP contribution is 2.39. The topological polar surface area (TPSA) is 66.9 Å². The van der Waals surface area contributed by atoms with Crippen molar-refractivity contribution in [3.05, 3.63) is 41.5 Å². The average Bonchev–Trinajstić information content (AvgIpc) is 2.95. The van der Waals surface area contributed by atoms with E-state index in [0.717, 1.165) is 6.92 Å². The molecule has 3 amide bonds. The fourth-order valence-electron chi connectivity index (χ4n) is 4.47. The molecule has 0 radical (unpaired) electrons. The predicted molar refractivity (Wildman–Crippen MR) is 134 cm³/mol. The zero-order valence-corrected chi connectivity index (χ0v) is 21.6. The lowest BCUT2D eigenvalue weighted by Gasteiger charge is -2.25. The molecule has 1 heterocycles. The van der Waals surface area contributed by atoms with E-state index in [1.54, 1.807) is 13.8 Å². The Kier molecular flexibility index (Phi) is 9.51. The van der Waals surface area contributed by atoms with Crippen LogP contribution in [0.15, 0.2) is 24.8 Å². The van der Waals surface area contributed by atoms with Gasteiger partial charge in [0.2, 0.25) is 0 Å². The van der Waals surface area contributed by atoms with Crippen molar-refractivity contribution in [3.63, 3.8) is 0 Å². The summed E-state index contributed by atoms with van der Waals surface area (Å²) in [6.45, 7) is 12.9. The highest BCUT2D eigenvalue weighted by molar-refractivity contribution is 6.06. The fraction of sp³-hybridized carbons (Fsp3) is 0.519. The molecular weight excluding hydrogens is 473 g/mol. The highest BCUT2D eigenvalue weighted by Gasteiger charge is 2.49. The summed E-state index contributed by atoms with van der Waals surface area (Å²) in [6.07, 6.45) is -0.546. The molecule has 6 nitrogen and oxygen atoms in total. The lowest BCUT2D eigenvalue weighted by molar-refractivity contribution is -0.131. The lowest BCUT2D eigenvalue weighted by atomic mass is 9.91. The van der Waals surface area contributed by atoms with E-state index in [9.17, 15) is 27.6 Å². The predicted octanol–water partition coefficient (Wildman–Crippen LogP) is 6.04. The number of unbranched alkanes of at least 4 members (excludes halogenated alkanes) is 1. The van der Waals surface area contributed by atoms with Crippen molar-refractivity contribution in [2.75, 3.05) is 19.7 Å². The number of alkyl halides is 3. The van der Waals surface area contributed by atoms with Gasteiger partial charge in [0.15, 0.2) is 5.78 Å². The molecule has 1 aliphatic heterocycles. The molecule has 1 aromatic rings. The van der Waals surface area contributed by atoms with Crippen molar-refractivity contribution in [2.24, 2.45) is 0 Å². The van der Waals surface area contributed by atoms with E-state index in [1.165, 1.54) is 28.0 Å². The molecule has 2 rings (SSSR count). The zero-order valence-electron chi connectivity index (χ0n) is 21.6. The lowest BCUT2D eigenvalue weighted by Crippen LogP contribution is -2.43. The highest BCUT2D eigenvalue weighted by atomic mass is 19.4. The molecule has 0 atom stereocenters. The number of hydrogen-bond donors (Lipinski definition) is 0. The maximum absolute atomic E-state index is 13.7. The van der Waals surface area contributed by atoms with Gasteiger partial charge < -0.3 is 9.64 Å². The fourth-order valence-corrected chi connectivity index (χ4v) is 4.47. The van der Waals surface area contributed by atoms with E-state index in [4.69, 9.17) is 4.74 Å². The Morgan fingerprint density at radius 3 is 2.33 bits per heavy atom. The number of imide groups is 1.